The van der Waals surface area contributed by atoms with Crippen molar-refractivity contribution in [1.82, 2.24) is 10.3 Å². The number of benzene rings is 1. The lowest BCUT2D eigenvalue weighted by molar-refractivity contribution is -0.118. The molecule has 6 heteroatoms. The third-order valence-corrected chi connectivity index (χ3v) is 4.13. The van der Waals surface area contributed by atoms with Gasteiger partial charge in [-0.3, -0.25) is 9.59 Å². The average molecular weight is 351 g/mol. The molecule has 24 heavy (non-hydrogen) atoms. The topological polar surface area (TPSA) is 71.2 Å². The fraction of sp³-hybridized carbons (Fsp3) is 0.444. The van der Waals surface area contributed by atoms with Gasteiger partial charge in [0.25, 0.3) is 0 Å². The number of H-pyrrole nitrogens is 1. The SMILES string of the molecule is COc1cc2c(CCNC(C)=O)c(C(=O)C(C)(C)C)[nH]c2cc1Cl. The summed E-state index contributed by atoms with van der Waals surface area (Å²) in [7, 11) is 1.55. The number of amides is 1. The molecule has 0 aliphatic heterocycles. The Kier molecular flexibility index (Phi) is 5.23. The molecule has 2 aromatic rings. The van der Waals surface area contributed by atoms with E-state index >= 15 is 0 Å². The van der Waals surface area contributed by atoms with E-state index in [1.807, 2.05) is 26.8 Å². The number of carbonyl (C=O) groups is 2. The van der Waals surface area contributed by atoms with Gasteiger partial charge < -0.3 is 15.0 Å². The molecule has 0 atom stereocenters. The molecule has 2 N–H and O–H groups in total. The quantitative estimate of drug-likeness (QED) is 0.807. The van der Waals surface area contributed by atoms with Crippen LogP contribution in [0, 0.1) is 5.41 Å². The molecule has 0 fully saturated rings. The standard InChI is InChI=1S/C18H23ClN2O3/c1-10(22)20-7-6-11-12-8-15(24-5)13(19)9-14(12)21-16(11)17(23)18(2,3)4/h8-9,21H,6-7H2,1-5H3,(H,20,22). The molecular weight excluding hydrogens is 328 g/mol. The zero-order valence-corrected chi connectivity index (χ0v) is 15.4. The normalized spacial score (nSPS) is 11.6. The molecule has 1 heterocycles. The van der Waals surface area contributed by atoms with E-state index in [4.69, 9.17) is 16.3 Å². The highest BCUT2D eigenvalue weighted by Gasteiger charge is 2.28. The van der Waals surface area contributed by atoms with Gasteiger partial charge in [-0.25, -0.2) is 0 Å². The molecule has 0 saturated carbocycles. The summed E-state index contributed by atoms with van der Waals surface area (Å²) >= 11 is 6.19. The van der Waals surface area contributed by atoms with Crippen LogP contribution in [0.2, 0.25) is 5.02 Å². The summed E-state index contributed by atoms with van der Waals surface area (Å²) in [6, 6.07) is 3.59. The summed E-state index contributed by atoms with van der Waals surface area (Å²) in [6.07, 6.45) is 0.543. The molecule has 0 aliphatic carbocycles. The largest absolute Gasteiger partial charge is 0.495 e. The summed E-state index contributed by atoms with van der Waals surface area (Å²) in [5.74, 6) is 0.476. The number of ketones is 1. The van der Waals surface area contributed by atoms with E-state index in [1.54, 1.807) is 13.2 Å². The summed E-state index contributed by atoms with van der Waals surface area (Å²) in [5, 5.41) is 4.14. The number of methoxy groups -OCH3 is 1. The van der Waals surface area contributed by atoms with Crippen molar-refractivity contribution in [3.8, 4) is 5.75 Å². The van der Waals surface area contributed by atoms with Crippen LogP contribution in [-0.4, -0.2) is 30.3 Å². The molecule has 130 valence electrons. The number of Topliss-reactive ketones (excluding diaryl/α,β-unsaturated/α-hetero) is 1. The van der Waals surface area contributed by atoms with Crippen molar-refractivity contribution < 1.29 is 14.3 Å². The first-order valence-corrected chi connectivity index (χ1v) is 8.20. The van der Waals surface area contributed by atoms with E-state index in [1.165, 1.54) is 6.92 Å². The number of ether oxygens (including phenoxy) is 1. The average Bonchev–Trinajstić information content (AvgIpc) is 2.81. The van der Waals surface area contributed by atoms with E-state index in [-0.39, 0.29) is 11.7 Å². The third-order valence-electron chi connectivity index (χ3n) is 3.84. The highest BCUT2D eigenvalue weighted by molar-refractivity contribution is 6.33. The van der Waals surface area contributed by atoms with Crippen LogP contribution in [0.15, 0.2) is 12.1 Å². The van der Waals surface area contributed by atoms with E-state index in [2.05, 4.69) is 10.3 Å². The van der Waals surface area contributed by atoms with Crippen molar-refractivity contribution in [2.24, 2.45) is 5.41 Å². The molecular formula is C18H23ClN2O3. The van der Waals surface area contributed by atoms with Crippen LogP contribution < -0.4 is 10.1 Å². The third kappa shape index (κ3) is 3.73. The van der Waals surface area contributed by atoms with Gasteiger partial charge in [0.05, 0.1) is 17.8 Å². The van der Waals surface area contributed by atoms with Gasteiger partial charge in [-0.1, -0.05) is 32.4 Å². The van der Waals surface area contributed by atoms with Crippen LogP contribution in [0.3, 0.4) is 0 Å². The van der Waals surface area contributed by atoms with Crippen molar-refractivity contribution in [3.63, 3.8) is 0 Å². The molecule has 0 aliphatic rings. The molecule has 0 saturated heterocycles. The van der Waals surface area contributed by atoms with Gasteiger partial charge in [-0.05, 0) is 24.1 Å². The molecule has 0 radical (unpaired) electrons. The Bertz CT molecular complexity index is 788. The van der Waals surface area contributed by atoms with Crippen LogP contribution in [0.5, 0.6) is 5.75 Å². The highest BCUT2D eigenvalue weighted by Crippen LogP contribution is 2.35. The first-order chi connectivity index (χ1) is 11.1. The minimum Gasteiger partial charge on any atom is -0.495 e. The summed E-state index contributed by atoms with van der Waals surface area (Å²) < 4.78 is 5.29. The van der Waals surface area contributed by atoms with Crippen LogP contribution in [-0.2, 0) is 11.2 Å². The van der Waals surface area contributed by atoms with Crippen LogP contribution in [0.4, 0.5) is 0 Å². The molecule has 0 unspecified atom stereocenters. The molecule has 1 amide bonds. The Morgan fingerprint density at radius 3 is 2.50 bits per heavy atom. The van der Waals surface area contributed by atoms with Gasteiger partial charge in [0, 0.05) is 29.8 Å². The van der Waals surface area contributed by atoms with Crippen molar-refractivity contribution in [3.05, 3.63) is 28.4 Å². The second-order valence-electron chi connectivity index (χ2n) is 6.82. The Labute approximate surface area is 146 Å². The molecule has 2 rings (SSSR count). The zero-order valence-electron chi connectivity index (χ0n) is 14.7. The van der Waals surface area contributed by atoms with Crippen molar-refractivity contribution in [2.75, 3.05) is 13.7 Å². The van der Waals surface area contributed by atoms with Gasteiger partial charge >= 0.3 is 0 Å². The van der Waals surface area contributed by atoms with Crippen molar-refractivity contribution in [2.45, 2.75) is 34.1 Å². The van der Waals surface area contributed by atoms with E-state index in [0.29, 0.717) is 29.4 Å². The minimum absolute atomic E-state index is 0.0200. The first-order valence-electron chi connectivity index (χ1n) is 7.82. The number of aromatic nitrogens is 1. The van der Waals surface area contributed by atoms with Gasteiger partial charge in [-0.2, -0.15) is 0 Å². The molecule has 1 aromatic carbocycles. The van der Waals surface area contributed by atoms with Crippen LogP contribution >= 0.6 is 11.6 Å². The number of fused-ring (bicyclic) bond motifs is 1. The number of hydrogen-bond acceptors (Lipinski definition) is 3. The van der Waals surface area contributed by atoms with Crippen LogP contribution in [0.25, 0.3) is 10.9 Å². The van der Waals surface area contributed by atoms with Gasteiger partial charge in [0.2, 0.25) is 5.91 Å². The Morgan fingerprint density at radius 1 is 1.29 bits per heavy atom. The second-order valence-corrected chi connectivity index (χ2v) is 7.23. The first kappa shape index (κ1) is 18.3. The fourth-order valence-corrected chi connectivity index (χ4v) is 2.84. The minimum atomic E-state index is -0.516. The maximum Gasteiger partial charge on any atom is 0.216 e. The van der Waals surface area contributed by atoms with Gasteiger partial charge in [0.15, 0.2) is 5.78 Å². The zero-order chi connectivity index (χ0) is 18.1. The highest BCUT2D eigenvalue weighted by atomic mass is 35.5. The predicted octanol–water partition coefficient (Wildman–Crippen LogP) is 3.74. The monoisotopic (exact) mass is 350 g/mol. The number of rotatable bonds is 5. The Balaban J connectivity index is 2.58. The number of nitrogens with one attached hydrogen (secondary N) is 2. The molecule has 0 bridgehead atoms. The van der Waals surface area contributed by atoms with Crippen LogP contribution in [0.1, 0.15) is 43.7 Å². The van der Waals surface area contributed by atoms with E-state index in [0.717, 1.165) is 16.5 Å². The van der Waals surface area contributed by atoms with E-state index < -0.39 is 5.41 Å². The lowest BCUT2D eigenvalue weighted by Gasteiger charge is -2.17. The van der Waals surface area contributed by atoms with Gasteiger partial charge in [0.1, 0.15) is 5.75 Å². The lowest BCUT2D eigenvalue weighted by atomic mass is 9.87. The number of aromatic amines is 1. The summed E-state index contributed by atoms with van der Waals surface area (Å²) in [5.41, 5.74) is 1.70. The number of halogens is 1. The summed E-state index contributed by atoms with van der Waals surface area (Å²) in [4.78, 5) is 27.1. The number of hydrogen-bond donors (Lipinski definition) is 2. The lowest BCUT2D eigenvalue weighted by Crippen LogP contribution is -2.25. The van der Waals surface area contributed by atoms with Crippen molar-refractivity contribution in [1.29, 1.82) is 0 Å². The number of carbonyl (C=O) groups excluding carboxylic acids is 2. The van der Waals surface area contributed by atoms with Crippen molar-refractivity contribution >= 4 is 34.2 Å². The Morgan fingerprint density at radius 2 is 1.96 bits per heavy atom. The predicted molar refractivity (Wildman–Crippen MR) is 96.0 cm³/mol. The molecule has 0 spiro atoms. The second kappa shape index (κ2) is 6.85. The van der Waals surface area contributed by atoms with Gasteiger partial charge in [-0.15, -0.1) is 0 Å². The van der Waals surface area contributed by atoms with E-state index in [9.17, 15) is 9.59 Å². The smallest absolute Gasteiger partial charge is 0.216 e. The maximum absolute atomic E-state index is 12.8. The summed E-state index contributed by atoms with van der Waals surface area (Å²) in [6.45, 7) is 7.57. The Hall–Kier alpha value is -2.01. The molecule has 5 nitrogen and oxygen atoms in total. The fourth-order valence-electron chi connectivity index (χ4n) is 2.60. The molecule has 1 aromatic heterocycles. The maximum atomic E-state index is 12.8.